The molecule has 2 heterocycles. The van der Waals surface area contributed by atoms with Gasteiger partial charge in [0.15, 0.2) is 0 Å². The fraction of sp³-hybridized carbons (Fsp3) is 0.158. The summed E-state index contributed by atoms with van der Waals surface area (Å²) >= 11 is 1.64. The van der Waals surface area contributed by atoms with Gasteiger partial charge in [-0.2, -0.15) is 4.39 Å². The van der Waals surface area contributed by atoms with Crippen LogP contribution in [0.5, 0.6) is 0 Å². The molecule has 3 aromatic rings. The van der Waals surface area contributed by atoms with Crippen LogP contribution in [0.1, 0.15) is 16.1 Å². The number of benzene rings is 1. The Labute approximate surface area is 160 Å². The highest BCUT2D eigenvalue weighted by molar-refractivity contribution is 7.98. The van der Waals surface area contributed by atoms with E-state index in [1.165, 1.54) is 18.6 Å². The molecular weight excluding hydrogens is 365 g/mol. The first-order valence-electron chi connectivity index (χ1n) is 8.14. The van der Waals surface area contributed by atoms with Gasteiger partial charge in [0.1, 0.15) is 17.8 Å². The van der Waals surface area contributed by atoms with E-state index in [1.807, 2.05) is 42.5 Å². The fourth-order valence-electron chi connectivity index (χ4n) is 2.40. The molecule has 0 bridgehead atoms. The second kappa shape index (κ2) is 8.59. The number of pyridine rings is 1. The smallest absolute Gasteiger partial charge is 0.274 e. The van der Waals surface area contributed by atoms with Gasteiger partial charge in [-0.25, -0.2) is 15.0 Å². The average molecular weight is 383 g/mol. The zero-order chi connectivity index (χ0) is 19.2. The summed E-state index contributed by atoms with van der Waals surface area (Å²) < 4.78 is 12.9. The zero-order valence-electron chi connectivity index (χ0n) is 14.9. The Kier molecular flexibility index (Phi) is 5.97. The minimum Gasteiger partial charge on any atom is -0.355 e. The van der Waals surface area contributed by atoms with Crippen molar-refractivity contribution in [1.82, 2.24) is 15.0 Å². The van der Waals surface area contributed by atoms with Crippen molar-refractivity contribution in [2.75, 3.05) is 23.5 Å². The van der Waals surface area contributed by atoms with Crippen LogP contribution >= 0.6 is 11.8 Å². The summed E-state index contributed by atoms with van der Waals surface area (Å²) in [4.78, 5) is 27.3. The minimum atomic E-state index is -0.520. The summed E-state index contributed by atoms with van der Waals surface area (Å²) in [5.74, 6) is -0.252. The van der Waals surface area contributed by atoms with E-state index in [9.17, 15) is 9.18 Å². The predicted molar refractivity (Wildman–Crippen MR) is 105 cm³/mol. The van der Waals surface area contributed by atoms with E-state index in [1.54, 1.807) is 23.9 Å². The van der Waals surface area contributed by atoms with Gasteiger partial charge in [-0.1, -0.05) is 6.07 Å². The Hall–Kier alpha value is -3.00. The normalized spacial score (nSPS) is 10.5. The molecule has 1 aromatic carbocycles. The van der Waals surface area contributed by atoms with Crippen LogP contribution < -0.4 is 10.2 Å². The topological polar surface area (TPSA) is 71.0 Å². The van der Waals surface area contributed by atoms with Gasteiger partial charge in [0.05, 0.1) is 0 Å². The third-order valence-corrected chi connectivity index (χ3v) is 4.58. The van der Waals surface area contributed by atoms with E-state index < -0.39 is 5.95 Å². The molecule has 3 rings (SSSR count). The van der Waals surface area contributed by atoms with E-state index in [4.69, 9.17) is 0 Å². The molecule has 138 valence electrons. The summed E-state index contributed by atoms with van der Waals surface area (Å²) in [6.07, 6.45) is 4.81. The predicted octanol–water partition coefficient (Wildman–Crippen LogP) is 3.62. The summed E-state index contributed by atoms with van der Waals surface area (Å²) in [5, 5.41) is 2.82. The molecule has 0 radical (unpaired) electrons. The number of thioether (sulfide) groups is 1. The van der Waals surface area contributed by atoms with Crippen LogP contribution in [0, 0.1) is 5.95 Å². The molecule has 0 saturated carbocycles. The zero-order valence-corrected chi connectivity index (χ0v) is 15.7. The van der Waals surface area contributed by atoms with Gasteiger partial charge in [-0.15, -0.1) is 11.8 Å². The Balaban J connectivity index is 1.69. The number of rotatable bonds is 6. The number of anilines is 2. The highest BCUT2D eigenvalue weighted by atomic mass is 32.2. The van der Waals surface area contributed by atoms with Crippen LogP contribution in [-0.4, -0.2) is 34.2 Å². The van der Waals surface area contributed by atoms with Crippen LogP contribution in [0.15, 0.2) is 59.9 Å². The molecule has 0 atom stereocenters. The van der Waals surface area contributed by atoms with E-state index in [0.29, 0.717) is 18.1 Å². The SMILES string of the molecule is CSc1ccc(NC(=O)c2cc(N(C)Cc3ccc(F)nc3)ncn2)cc1. The van der Waals surface area contributed by atoms with Gasteiger partial charge in [-0.05, 0) is 42.2 Å². The molecule has 0 aliphatic rings. The van der Waals surface area contributed by atoms with E-state index >= 15 is 0 Å². The third-order valence-electron chi connectivity index (χ3n) is 3.83. The molecule has 0 fully saturated rings. The fourth-order valence-corrected chi connectivity index (χ4v) is 2.81. The average Bonchev–Trinajstić information content (AvgIpc) is 2.70. The number of aromatic nitrogens is 3. The Morgan fingerprint density at radius 2 is 1.93 bits per heavy atom. The van der Waals surface area contributed by atoms with Gasteiger partial charge >= 0.3 is 0 Å². The molecular formula is C19H18FN5OS. The molecule has 2 aromatic heterocycles. The van der Waals surface area contributed by atoms with Crippen molar-refractivity contribution in [2.45, 2.75) is 11.4 Å². The van der Waals surface area contributed by atoms with Crippen LogP contribution in [-0.2, 0) is 6.54 Å². The Bertz CT molecular complexity index is 918. The number of hydrogen-bond donors (Lipinski definition) is 1. The summed E-state index contributed by atoms with van der Waals surface area (Å²) in [5.41, 5.74) is 1.79. The van der Waals surface area contributed by atoms with Crippen LogP contribution in [0.3, 0.4) is 0 Å². The first-order chi connectivity index (χ1) is 13.0. The Morgan fingerprint density at radius 3 is 2.59 bits per heavy atom. The maximum absolute atomic E-state index is 12.9. The van der Waals surface area contributed by atoms with Gasteiger partial charge in [0.25, 0.3) is 5.91 Å². The highest BCUT2D eigenvalue weighted by Gasteiger charge is 2.12. The number of carbonyl (C=O) groups is 1. The molecule has 6 nitrogen and oxygen atoms in total. The van der Waals surface area contributed by atoms with Gasteiger partial charge in [0, 0.05) is 36.4 Å². The van der Waals surface area contributed by atoms with Crippen molar-refractivity contribution in [2.24, 2.45) is 0 Å². The number of nitrogens with one attached hydrogen (secondary N) is 1. The molecule has 8 heteroatoms. The van der Waals surface area contributed by atoms with Crippen LogP contribution in [0.2, 0.25) is 0 Å². The molecule has 0 saturated heterocycles. The van der Waals surface area contributed by atoms with Gasteiger partial charge < -0.3 is 10.2 Å². The van der Waals surface area contributed by atoms with E-state index in [-0.39, 0.29) is 11.6 Å². The maximum Gasteiger partial charge on any atom is 0.274 e. The highest BCUT2D eigenvalue weighted by Crippen LogP contribution is 2.18. The first kappa shape index (κ1) is 18.8. The van der Waals surface area contributed by atoms with Crippen LogP contribution in [0.25, 0.3) is 0 Å². The monoisotopic (exact) mass is 383 g/mol. The maximum atomic E-state index is 12.9. The second-order valence-electron chi connectivity index (χ2n) is 5.79. The standard InChI is InChI=1S/C19H18FN5OS/c1-25(11-13-3-8-17(20)21-10-13)18-9-16(22-12-23-18)19(26)24-14-4-6-15(27-2)7-5-14/h3-10,12H,11H2,1-2H3,(H,24,26). The van der Waals surface area contributed by atoms with E-state index in [0.717, 1.165) is 10.5 Å². The first-order valence-corrected chi connectivity index (χ1v) is 9.36. The lowest BCUT2D eigenvalue weighted by atomic mass is 10.2. The lowest BCUT2D eigenvalue weighted by Gasteiger charge is -2.18. The number of nitrogens with zero attached hydrogens (tertiary/aromatic N) is 4. The van der Waals surface area contributed by atoms with Crippen molar-refractivity contribution >= 4 is 29.2 Å². The van der Waals surface area contributed by atoms with Crippen molar-refractivity contribution < 1.29 is 9.18 Å². The summed E-state index contributed by atoms with van der Waals surface area (Å²) in [6.45, 7) is 0.474. The lowest BCUT2D eigenvalue weighted by molar-refractivity contribution is 0.102. The summed E-state index contributed by atoms with van der Waals surface area (Å²) in [6, 6.07) is 12.2. The number of hydrogen-bond acceptors (Lipinski definition) is 6. The van der Waals surface area contributed by atoms with Crippen molar-refractivity contribution in [3.63, 3.8) is 0 Å². The van der Waals surface area contributed by atoms with Crippen LogP contribution in [0.4, 0.5) is 15.9 Å². The van der Waals surface area contributed by atoms with Gasteiger partial charge in [-0.3, -0.25) is 4.79 Å². The summed E-state index contributed by atoms with van der Waals surface area (Å²) in [7, 11) is 1.83. The largest absolute Gasteiger partial charge is 0.355 e. The number of amides is 1. The molecule has 0 aliphatic heterocycles. The van der Waals surface area contributed by atoms with E-state index in [2.05, 4.69) is 20.3 Å². The molecule has 0 spiro atoms. The minimum absolute atomic E-state index is 0.262. The molecule has 1 N–H and O–H groups in total. The third kappa shape index (κ3) is 5.01. The lowest BCUT2D eigenvalue weighted by Crippen LogP contribution is -2.20. The van der Waals surface area contributed by atoms with Crippen molar-refractivity contribution in [1.29, 1.82) is 0 Å². The molecule has 1 amide bonds. The van der Waals surface area contributed by atoms with Gasteiger partial charge in [0.2, 0.25) is 5.95 Å². The van der Waals surface area contributed by atoms with Crippen molar-refractivity contribution in [3.05, 3.63) is 72.2 Å². The molecule has 27 heavy (non-hydrogen) atoms. The molecule has 0 aliphatic carbocycles. The quantitative estimate of drug-likeness (QED) is 0.518. The second-order valence-corrected chi connectivity index (χ2v) is 6.67. The Morgan fingerprint density at radius 1 is 1.15 bits per heavy atom. The number of carbonyl (C=O) groups excluding carboxylic acids is 1. The number of halogens is 1. The van der Waals surface area contributed by atoms with Crippen molar-refractivity contribution in [3.8, 4) is 0 Å². The molecule has 0 unspecified atom stereocenters.